The zero-order valence-corrected chi connectivity index (χ0v) is 9.81. The first kappa shape index (κ1) is 10.6. The third-order valence-corrected chi connectivity index (χ3v) is 3.45. The van der Waals surface area contributed by atoms with E-state index in [0.29, 0.717) is 5.92 Å². The molecule has 1 aliphatic rings. The van der Waals surface area contributed by atoms with E-state index in [9.17, 15) is 5.11 Å². The number of benzene rings is 1. The van der Waals surface area contributed by atoms with E-state index in [4.69, 9.17) is 4.74 Å². The van der Waals surface area contributed by atoms with Gasteiger partial charge in [-0.05, 0) is 25.0 Å². The first-order valence-corrected chi connectivity index (χ1v) is 6.08. The zero-order chi connectivity index (χ0) is 11.8. The van der Waals surface area contributed by atoms with Crippen LogP contribution < -0.4 is 0 Å². The minimum absolute atomic E-state index is 0.266. The molecule has 0 spiro atoms. The molecule has 0 aliphatic carbocycles. The summed E-state index contributed by atoms with van der Waals surface area (Å²) in [5.74, 6) is 1.60. The molecule has 4 nitrogen and oxygen atoms in total. The zero-order valence-electron chi connectivity index (χ0n) is 9.81. The van der Waals surface area contributed by atoms with Gasteiger partial charge in [-0.25, -0.2) is 4.98 Å². The number of fused-ring (bicyclic) bond motifs is 1. The highest BCUT2D eigenvalue weighted by Crippen LogP contribution is 2.32. The summed E-state index contributed by atoms with van der Waals surface area (Å²) in [6.45, 7) is 2.95. The minimum Gasteiger partial charge on any atom is -0.508 e. The van der Waals surface area contributed by atoms with Crippen LogP contribution in [0.1, 0.15) is 31.5 Å². The maximum atomic E-state index is 9.43. The molecular formula is C13H16N2O2. The number of nitrogens with zero attached hydrogens (tertiary/aromatic N) is 1. The van der Waals surface area contributed by atoms with Crippen molar-refractivity contribution in [2.75, 3.05) is 6.61 Å². The molecule has 2 N–H and O–H groups in total. The van der Waals surface area contributed by atoms with Crippen molar-refractivity contribution in [3.8, 4) is 5.75 Å². The number of hydrogen-bond donors (Lipinski definition) is 2. The van der Waals surface area contributed by atoms with E-state index in [0.717, 1.165) is 36.3 Å². The molecule has 17 heavy (non-hydrogen) atoms. The molecule has 90 valence electrons. The highest BCUT2D eigenvalue weighted by atomic mass is 16.5. The van der Waals surface area contributed by atoms with Crippen molar-refractivity contribution < 1.29 is 9.84 Å². The van der Waals surface area contributed by atoms with Crippen LogP contribution in [0.2, 0.25) is 0 Å². The Hall–Kier alpha value is -1.55. The van der Waals surface area contributed by atoms with Crippen LogP contribution in [0.15, 0.2) is 18.2 Å². The average Bonchev–Trinajstić information content (AvgIpc) is 2.93. The second-order valence-corrected chi connectivity index (χ2v) is 4.54. The molecule has 0 bridgehead atoms. The number of rotatable bonds is 2. The highest BCUT2D eigenvalue weighted by molar-refractivity contribution is 5.76. The maximum absolute atomic E-state index is 9.43. The number of H-pyrrole nitrogens is 1. The number of ether oxygens (including phenoxy) is 1. The van der Waals surface area contributed by atoms with Crippen LogP contribution in [-0.4, -0.2) is 27.8 Å². The van der Waals surface area contributed by atoms with Crippen molar-refractivity contribution >= 4 is 11.0 Å². The fourth-order valence-electron chi connectivity index (χ4n) is 2.56. The number of phenolic OH excluding ortho intramolecular Hbond substituents is 1. The SMILES string of the molecule is CCC1OCCC1c1nc2ccc(O)cc2[nH]1. The molecule has 0 radical (unpaired) electrons. The van der Waals surface area contributed by atoms with Gasteiger partial charge < -0.3 is 14.8 Å². The number of imidazole rings is 1. The van der Waals surface area contributed by atoms with Gasteiger partial charge >= 0.3 is 0 Å². The lowest BCUT2D eigenvalue weighted by molar-refractivity contribution is 0.0996. The molecule has 1 aromatic carbocycles. The maximum Gasteiger partial charge on any atom is 0.117 e. The smallest absolute Gasteiger partial charge is 0.117 e. The van der Waals surface area contributed by atoms with Gasteiger partial charge in [-0.15, -0.1) is 0 Å². The van der Waals surface area contributed by atoms with E-state index in [1.54, 1.807) is 12.1 Å². The lowest BCUT2D eigenvalue weighted by Gasteiger charge is -2.13. The van der Waals surface area contributed by atoms with Crippen LogP contribution in [0.4, 0.5) is 0 Å². The summed E-state index contributed by atoms with van der Waals surface area (Å²) >= 11 is 0. The Balaban J connectivity index is 2.00. The summed E-state index contributed by atoms with van der Waals surface area (Å²) in [5.41, 5.74) is 1.79. The van der Waals surface area contributed by atoms with Crippen LogP contribution in [0, 0.1) is 0 Å². The Morgan fingerprint density at radius 1 is 1.53 bits per heavy atom. The van der Waals surface area contributed by atoms with Crippen LogP contribution in [0.3, 0.4) is 0 Å². The molecular weight excluding hydrogens is 216 g/mol. The number of aromatic hydroxyl groups is 1. The lowest BCUT2D eigenvalue weighted by atomic mass is 9.99. The Morgan fingerprint density at radius 3 is 3.24 bits per heavy atom. The van der Waals surface area contributed by atoms with E-state index >= 15 is 0 Å². The van der Waals surface area contributed by atoms with Crippen LogP contribution in [-0.2, 0) is 4.74 Å². The van der Waals surface area contributed by atoms with Crippen molar-refractivity contribution in [2.45, 2.75) is 31.8 Å². The van der Waals surface area contributed by atoms with Gasteiger partial charge in [0, 0.05) is 18.6 Å². The first-order valence-electron chi connectivity index (χ1n) is 6.08. The quantitative estimate of drug-likeness (QED) is 0.836. The van der Waals surface area contributed by atoms with Crippen molar-refractivity contribution in [3.63, 3.8) is 0 Å². The molecule has 0 amide bonds. The Morgan fingerprint density at radius 2 is 2.41 bits per heavy atom. The summed E-state index contributed by atoms with van der Waals surface area (Å²) in [5, 5.41) is 9.43. The fraction of sp³-hybridized carbons (Fsp3) is 0.462. The number of nitrogens with one attached hydrogen (secondary N) is 1. The number of aromatic nitrogens is 2. The molecule has 0 saturated carbocycles. The van der Waals surface area contributed by atoms with Crippen LogP contribution >= 0.6 is 0 Å². The summed E-state index contributed by atoms with van der Waals surface area (Å²) in [4.78, 5) is 7.88. The number of hydrogen-bond acceptors (Lipinski definition) is 3. The van der Waals surface area contributed by atoms with Gasteiger partial charge in [-0.3, -0.25) is 0 Å². The molecule has 2 aromatic rings. The standard InChI is InChI=1S/C13H16N2O2/c1-2-12-9(5-6-17-12)13-14-10-4-3-8(16)7-11(10)15-13/h3-4,7,9,12,16H,2,5-6H2,1H3,(H,14,15). The Kier molecular flexibility index (Phi) is 2.52. The van der Waals surface area contributed by atoms with Gasteiger partial charge in [0.1, 0.15) is 11.6 Å². The fourth-order valence-corrected chi connectivity index (χ4v) is 2.56. The molecule has 2 heterocycles. The topological polar surface area (TPSA) is 58.1 Å². The molecule has 2 unspecified atom stereocenters. The van der Waals surface area contributed by atoms with Crippen LogP contribution in [0.25, 0.3) is 11.0 Å². The van der Waals surface area contributed by atoms with Gasteiger partial charge in [0.05, 0.1) is 17.1 Å². The van der Waals surface area contributed by atoms with Gasteiger partial charge in [0.2, 0.25) is 0 Å². The summed E-state index contributed by atoms with van der Waals surface area (Å²) in [6.07, 6.45) is 2.29. The number of phenols is 1. The molecule has 1 aliphatic heterocycles. The van der Waals surface area contributed by atoms with Gasteiger partial charge in [-0.1, -0.05) is 6.92 Å². The molecule has 3 rings (SSSR count). The second kappa shape index (κ2) is 4.04. The lowest BCUT2D eigenvalue weighted by Crippen LogP contribution is -2.13. The monoisotopic (exact) mass is 232 g/mol. The Bertz CT molecular complexity index is 535. The first-order chi connectivity index (χ1) is 8.28. The van der Waals surface area contributed by atoms with Gasteiger partial charge in [0.15, 0.2) is 0 Å². The van der Waals surface area contributed by atoms with Gasteiger partial charge in [0.25, 0.3) is 0 Å². The van der Waals surface area contributed by atoms with E-state index in [2.05, 4.69) is 16.9 Å². The van der Waals surface area contributed by atoms with Gasteiger partial charge in [-0.2, -0.15) is 0 Å². The molecule has 1 aromatic heterocycles. The second-order valence-electron chi connectivity index (χ2n) is 4.54. The van der Waals surface area contributed by atoms with E-state index in [1.165, 1.54) is 0 Å². The van der Waals surface area contributed by atoms with Crippen molar-refractivity contribution in [3.05, 3.63) is 24.0 Å². The third-order valence-electron chi connectivity index (χ3n) is 3.45. The van der Waals surface area contributed by atoms with Crippen molar-refractivity contribution in [2.24, 2.45) is 0 Å². The minimum atomic E-state index is 0.266. The Labute approximate surface area is 99.6 Å². The normalized spacial score (nSPS) is 24.5. The largest absolute Gasteiger partial charge is 0.508 e. The number of aromatic amines is 1. The van der Waals surface area contributed by atoms with Crippen molar-refractivity contribution in [1.82, 2.24) is 9.97 Å². The highest BCUT2D eigenvalue weighted by Gasteiger charge is 2.30. The summed E-state index contributed by atoms with van der Waals surface area (Å²) in [6, 6.07) is 5.21. The molecule has 1 fully saturated rings. The predicted molar refractivity (Wildman–Crippen MR) is 65.1 cm³/mol. The molecule has 1 saturated heterocycles. The summed E-state index contributed by atoms with van der Waals surface area (Å²) in [7, 11) is 0. The van der Waals surface area contributed by atoms with E-state index in [-0.39, 0.29) is 11.9 Å². The van der Waals surface area contributed by atoms with Crippen molar-refractivity contribution in [1.29, 1.82) is 0 Å². The van der Waals surface area contributed by atoms with E-state index in [1.807, 2.05) is 6.07 Å². The molecule has 4 heteroatoms. The van der Waals surface area contributed by atoms with Crippen LogP contribution in [0.5, 0.6) is 5.75 Å². The predicted octanol–water partition coefficient (Wildman–Crippen LogP) is 2.55. The summed E-state index contributed by atoms with van der Waals surface area (Å²) < 4.78 is 5.68. The average molecular weight is 232 g/mol. The van der Waals surface area contributed by atoms with E-state index < -0.39 is 0 Å². The third kappa shape index (κ3) is 1.78. The molecule has 2 atom stereocenters.